The number of carbonyl (C=O) groups is 1. The minimum atomic E-state index is 0.195. The van der Waals surface area contributed by atoms with Crippen molar-refractivity contribution in [1.82, 2.24) is 14.9 Å². The number of unbranched alkanes of at least 4 members (excludes halogenated alkanes) is 1. The molecule has 29 heavy (non-hydrogen) atoms. The molecule has 1 fully saturated rings. The number of hydrogen-bond donors (Lipinski definition) is 1. The van der Waals surface area contributed by atoms with Crippen LogP contribution in [-0.2, 0) is 17.8 Å². The largest absolute Gasteiger partial charge is 0.494 e. The zero-order valence-corrected chi connectivity index (χ0v) is 17.1. The van der Waals surface area contributed by atoms with Crippen LogP contribution < -0.4 is 10.1 Å². The summed E-state index contributed by atoms with van der Waals surface area (Å²) in [4.78, 5) is 16.7. The predicted octanol–water partition coefficient (Wildman–Crippen LogP) is 4.27. The molecule has 1 amide bonds. The maximum absolute atomic E-state index is 11.9. The van der Waals surface area contributed by atoms with E-state index in [2.05, 4.69) is 47.1 Å². The monoisotopic (exact) mass is 391 g/mol. The molecule has 152 valence electrons. The van der Waals surface area contributed by atoms with Crippen LogP contribution in [0.3, 0.4) is 0 Å². The molecule has 1 N–H and O–H groups in total. The Bertz CT molecular complexity index is 975. The number of carbonyl (C=O) groups excluding carboxylic acids is 1. The van der Waals surface area contributed by atoms with Crippen molar-refractivity contribution in [2.24, 2.45) is 5.92 Å². The van der Waals surface area contributed by atoms with Gasteiger partial charge in [0.25, 0.3) is 0 Å². The summed E-state index contributed by atoms with van der Waals surface area (Å²) in [6, 6.07) is 16.4. The van der Waals surface area contributed by atoms with Gasteiger partial charge in [-0.2, -0.15) is 0 Å². The van der Waals surface area contributed by atoms with Crippen molar-refractivity contribution in [2.45, 2.75) is 45.6 Å². The number of hydrogen-bond acceptors (Lipinski definition) is 3. The third-order valence-electron chi connectivity index (χ3n) is 5.36. The first-order valence-corrected chi connectivity index (χ1v) is 10.6. The Morgan fingerprint density at radius 2 is 2.03 bits per heavy atom. The van der Waals surface area contributed by atoms with Crippen LogP contribution in [0.25, 0.3) is 11.0 Å². The average molecular weight is 392 g/mol. The number of para-hydroxylation sites is 2. The lowest BCUT2D eigenvalue weighted by molar-refractivity contribution is -0.122. The van der Waals surface area contributed by atoms with Crippen molar-refractivity contribution in [3.8, 4) is 5.75 Å². The van der Waals surface area contributed by atoms with Gasteiger partial charge in [-0.25, -0.2) is 4.98 Å². The summed E-state index contributed by atoms with van der Waals surface area (Å²) in [5.41, 5.74) is 3.40. The minimum absolute atomic E-state index is 0.195. The van der Waals surface area contributed by atoms with Gasteiger partial charge >= 0.3 is 0 Å². The van der Waals surface area contributed by atoms with E-state index in [1.807, 2.05) is 18.2 Å². The van der Waals surface area contributed by atoms with Crippen LogP contribution in [0.5, 0.6) is 5.75 Å². The highest BCUT2D eigenvalue weighted by Gasteiger charge is 2.29. The van der Waals surface area contributed by atoms with Crippen molar-refractivity contribution < 1.29 is 9.53 Å². The van der Waals surface area contributed by atoms with E-state index in [0.29, 0.717) is 13.2 Å². The standard InChI is InChI=1S/C24H29N3O2/c1-18-7-6-8-20(17-18)29-16-5-4-15-27-22-10-3-2-9-21(22)26-23(27)13-14-25-24(28)19-11-12-19/h2-3,6-10,17,19H,4-5,11-16H2,1H3,(H,25,28). The molecule has 2 aromatic carbocycles. The first-order chi connectivity index (χ1) is 14.2. The summed E-state index contributed by atoms with van der Waals surface area (Å²) < 4.78 is 8.17. The number of ether oxygens (including phenoxy) is 1. The molecule has 0 bridgehead atoms. The molecule has 1 aromatic heterocycles. The number of rotatable bonds is 10. The molecule has 0 spiro atoms. The molecule has 4 rings (SSSR count). The van der Waals surface area contributed by atoms with Crippen molar-refractivity contribution >= 4 is 16.9 Å². The Morgan fingerprint density at radius 3 is 2.86 bits per heavy atom. The van der Waals surface area contributed by atoms with E-state index in [1.54, 1.807) is 0 Å². The molecule has 0 saturated heterocycles. The zero-order valence-electron chi connectivity index (χ0n) is 17.1. The van der Waals surface area contributed by atoms with E-state index in [0.717, 1.165) is 61.3 Å². The van der Waals surface area contributed by atoms with Crippen LogP contribution in [0.1, 0.15) is 37.1 Å². The highest BCUT2D eigenvalue weighted by molar-refractivity contribution is 5.80. The highest BCUT2D eigenvalue weighted by Crippen LogP contribution is 2.28. The van der Waals surface area contributed by atoms with Gasteiger partial charge in [-0.3, -0.25) is 4.79 Å². The molecular formula is C24H29N3O2. The fourth-order valence-electron chi connectivity index (χ4n) is 3.62. The lowest BCUT2D eigenvalue weighted by Crippen LogP contribution is -2.27. The normalized spacial score (nSPS) is 13.6. The molecule has 1 saturated carbocycles. The maximum atomic E-state index is 11.9. The lowest BCUT2D eigenvalue weighted by Gasteiger charge is -2.11. The summed E-state index contributed by atoms with van der Waals surface area (Å²) in [5.74, 6) is 2.43. The highest BCUT2D eigenvalue weighted by atomic mass is 16.5. The van der Waals surface area contributed by atoms with Crippen molar-refractivity contribution in [3.05, 3.63) is 59.9 Å². The van der Waals surface area contributed by atoms with E-state index in [-0.39, 0.29) is 11.8 Å². The molecule has 5 nitrogen and oxygen atoms in total. The van der Waals surface area contributed by atoms with Crippen LogP contribution in [0.15, 0.2) is 48.5 Å². The van der Waals surface area contributed by atoms with Crippen molar-refractivity contribution in [2.75, 3.05) is 13.2 Å². The second-order valence-corrected chi connectivity index (χ2v) is 7.86. The Hall–Kier alpha value is -2.82. The summed E-state index contributed by atoms with van der Waals surface area (Å²) >= 11 is 0. The number of nitrogens with zero attached hydrogens (tertiary/aromatic N) is 2. The molecule has 3 aromatic rings. The number of fused-ring (bicyclic) bond motifs is 1. The van der Waals surface area contributed by atoms with Crippen molar-refractivity contribution in [3.63, 3.8) is 0 Å². The number of nitrogens with one attached hydrogen (secondary N) is 1. The summed E-state index contributed by atoms with van der Waals surface area (Å²) in [6.07, 6.45) is 4.84. The molecule has 5 heteroatoms. The minimum Gasteiger partial charge on any atom is -0.494 e. The van der Waals surface area contributed by atoms with Gasteiger partial charge in [0.1, 0.15) is 11.6 Å². The Kier molecular flexibility index (Phi) is 6.13. The van der Waals surface area contributed by atoms with Gasteiger partial charge in [-0.05, 0) is 62.4 Å². The number of amides is 1. The Balaban J connectivity index is 1.32. The molecule has 1 aliphatic carbocycles. The van der Waals surface area contributed by atoms with Crippen LogP contribution in [0, 0.1) is 12.8 Å². The third kappa shape index (κ3) is 5.17. The molecule has 1 aliphatic rings. The fourth-order valence-corrected chi connectivity index (χ4v) is 3.62. The number of imidazole rings is 1. The van der Waals surface area contributed by atoms with Crippen molar-refractivity contribution in [1.29, 1.82) is 0 Å². The smallest absolute Gasteiger partial charge is 0.223 e. The SMILES string of the molecule is Cc1cccc(OCCCCn2c(CCNC(=O)C3CC3)nc3ccccc32)c1. The summed E-state index contributed by atoms with van der Waals surface area (Å²) in [6.45, 7) is 4.34. The summed E-state index contributed by atoms with van der Waals surface area (Å²) in [5, 5.41) is 3.05. The Morgan fingerprint density at radius 1 is 1.17 bits per heavy atom. The zero-order chi connectivity index (χ0) is 20.1. The predicted molar refractivity (Wildman–Crippen MR) is 115 cm³/mol. The summed E-state index contributed by atoms with van der Waals surface area (Å²) in [7, 11) is 0. The van der Waals surface area contributed by atoms with Gasteiger partial charge in [0.15, 0.2) is 0 Å². The fraction of sp³-hybridized carbons (Fsp3) is 0.417. The molecule has 0 atom stereocenters. The third-order valence-corrected chi connectivity index (χ3v) is 5.36. The topological polar surface area (TPSA) is 56.1 Å². The van der Waals surface area contributed by atoms with Crippen LogP contribution in [0.4, 0.5) is 0 Å². The second-order valence-electron chi connectivity index (χ2n) is 7.86. The quantitative estimate of drug-likeness (QED) is 0.525. The lowest BCUT2D eigenvalue weighted by atomic mass is 10.2. The average Bonchev–Trinajstić information content (AvgIpc) is 3.51. The van der Waals surface area contributed by atoms with Crippen LogP contribution in [-0.4, -0.2) is 28.6 Å². The second kappa shape index (κ2) is 9.12. The molecular weight excluding hydrogens is 362 g/mol. The molecule has 1 heterocycles. The molecule has 0 aliphatic heterocycles. The number of aromatic nitrogens is 2. The van der Waals surface area contributed by atoms with E-state index < -0.39 is 0 Å². The molecule has 0 unspecified atom stereocenters. The molecule has 0 radical (unpaired) electrons. The van der Waals surface area contributed by atoms with E-state index >= 15 is 0 Å². The van der Waals surface area contributed by atoms with Crippen LogP contribution >= 0.6 is 0 Å². The van der Waals surface area contributed by atoms with Gasteiger partial charge in [0.2, 0.25) is 5.91 Å². The van der Waals surface area contributed by atoms with E-state index in [1.165, 1.54) is 5.56 Å². The first kappa shape index (κ1) is 19.5. The number of aryl methyl sites for hydroxylation is 2. The first-order valence-electron chi connectivity index (χ1n) is 10.6. The maximum Gasteiger partial charge on any atom is 0.223 e. The van der Waals surface area contributed by atoms with E-state index in [4.69, 9.17) is 9.72 Å². The van der Waals surface area contributed by atoms with Gasteiger partial charge in [-0.15, -0.1) is 0 Å². The van der Waals surface area contributed by atoms with Gasteiger partial charge in [0.05, 0.1) is 17.6 Å². The van der Waals surface area contributed by atoms with E-state index in [9.17, 15) is 4.79 Å². The Labute approximate surface area is 172 Å². The van der Waals surface area contributed by atoms with Gasteiger partial charge < -0.3 is 14.6 Å². The number of benzene rings is 2. The van der Waals surface area contributed by atoms with Gasteiger partial charge in [0, 0.05) is 25.4 Å². The van der Waals surface area contributed by atoms with Gasteiger partial charge in [-0.1, -0.05) is 24.3 Å². The van der Waals surface area contributed by atoms with Crippen LogP contribution in [0.2, 0.25) is 0 Å².